The Labute approximate surface area is 213 Å². The van der Waals surface area contributed by atoms with Gasteiger partial charge >= 0.3 is 5.97 Å². The van der Waals surface area contributed by atoms with Crippen LogP contribution in [0.15, 0.2) is 36.4 Å². The Morgan fingerprint density at radius 1 is 0.943 bits per heavy atom. The molecule has 2 saturated carbocycles. The van der Waals surface area contributed by atoms with Crippen molar-refractivity contribution in [3.63, 3.8) is 0 Å². The zero-order valence-electron chi connectivity index (χ0n) is 22.7. The maximum absolute atomic E-state index is 12.3. The van der Waals surface area contributed by atoms with Crippen molar-refractivity contribution in [1.82, 2.24) is 0 Å². The van der Waals surface area contributed by atoms with E-state index < -0.39 is 0 Å². The highest BCUT2D eigenvalue weighted by atomic mass is 16.5. The molecule has 0 aliphatic heterocycles. The molecule has 3 heteroatoms. The van der Waals surface area contributed by atoms with E-state index in [2.05, 4.69) is 64.1 Å². The van der Waals surface area contributed by atoms with E-state index in [1.807, 2.05) is 6.92 Å². The van der Waals surface area contributed by atoms with E-state index >= 15 is 0 Å². The number of benzene rings is 2. The van der Waals surface area contributed by atoms with Gasteiger partial charge in [-0.1, -0.05) is 45.0 Å². The van der Waals surface area contributed by atoms with Crippen LogP contribution in [0.5, 0.6) is 5.75 Å². The van der Waals surface area contributed by atoms with Gasteiger partial charge in [-0.15, -0.1) is 0 Å². The van der Waals surface area contributed by atoms with E-state index in [0.29, 0.717) is 24.0 Å². The van der Waals surface area contributed by atoms with Gasteiger partial charge in [0.05, 0.1) is 18.1 Å². The second kappa shape index (κ2) is 10.9. The van der Waals surface area contributed by atoms with Crippen LogP contribution in [0, 0.1) is 22.7 Å². The second-order valence-electron chi connectivity index (χ2n) is 12.6. The van der Waals surface area contributed by atoms with Crippen LogP contribution in [0.25, 0.3) is 10.8 Å². The number of fused-ring (bicyclic) bond motifs is 1. The van der Waals surface area contributed by atoms with Gasteiger partial charge in [0, 0.05) is 0 Å². The van der Waals surface area contributed by atoms with Gasteiger partial charge < -0.3 is 9.47 Å². The Bertz CT molecular complexity index is 986. The molecular formula is C32H46O3. The molecule has 0 radical (unpaired) electrons. The summed E-state index contributed by atoms with van der Waals surface area (Å²) in [4.78, 5) is 12.3. The standard InChI is InChI=1S/C32H46O3/c1-6-34-30(33)32(5)19-17-23(18-20-32)7-8-24-9-10-26-22-29(14-11-25(26)21-24)35-28-15-12-27(13-16-28)31(2,3)4/h9-11,14,21-23,27-28H,6-8,12-13,15-20H2,1-5H3/t23?,27-,28-,32?. The lowest BCUT2D eigenvalue weighted by Gasteiger charge is -2.37. The molecule has 35 heavy (non-hydrogen) atoms. The van der Waals surface area contributed by atoms with Gasteiger partial charge in [-0.2, -0.15) is 0 Å². The molecule has 0 bridgehead atoms. The Hall–Kier alpha value is -2.03. The zero-order valence-corrected chi connectivity index (χ0v) is 22.7. The first kappa shape index (κ1) is 26.0. The summed E-state index contributed by atoms with van der Waals surface area (Å²) in [6.07, 6.45) is 11.7. The quantitative estimate of drug-likeness (QED) is 0.374. The lowest BCUT2D eigenvalue weighted by atomic mass is 9.70. The molecule has 2 aliphatic carbocycles. The predicted molar refractivity (Wildman–Crippen MR) is 145 cm³/mol. The monoisotopic (exact) mass is 478 g/mol. The average molecular weight is 479 g/mol. The van der Waals surface area contributed by atoms with Gasteiger partial charge in [-0.3, -0.25) is 4.79 Å². The van der Waals surface area contributed by atoms with E-state index in [9.17, 15) is 4.79 Å². The van der Waals surface area contributed by atoms with Crippen LogP contribution in [0.4, 0.5) is 0 Å². The Balaban J connectivity index is 1.28. The van der Waals surface area contributed by atoms with E-state index in [4.69, 9.17) is 9.47 Å². The maximum Gasteiger partial charge on any atom is 0.311 e. The predicted octanol–water partition coefficient (Wildman–Crippen LogP) is 8.52. The highest BCUT2D eigenvalue weighted by molar-refractivity contribution is 5.84. The third-order valence-electron chi connectivity index (χ3n) is 8.90. The third kappa shape index (κ3) is 6.60. The summed E-state index contributed by atoms with van der Waals surface area (Å²) in [5, 5.41) is 2.56. The van der Waals surface area contributed by atoms with Crippen LogP contribution in [0.1, 0.15) is 98.0 Å². The molecule has 0 heterocycles. The van der Waals surface area contributed by atoms with Crippen molar-refractivity contribution in [3.05, 3.63) is 42.0 Å². The molecule has 0 aromatic heterocycles. The van der Waals surface area contributed by atoms with Crippen molar-refractivity contribution < 1.29 is 14.3 Å². The SMILES string of the molecule is CCOC(=O)C1(C)CCC(CCc2ccc3cc(O[C@H]4CC[C@H](C(C)(C)C)CC4)ccc3c2)CC1. The first-order valence-electron chi connectivity index (χ1n) is 14.0. The molecule has 4 rings (SSSR count). The lowest BCUT2D eigenvalue weighted by Crippen LogP contribution is -2.34. The third-order valence-corrected chi connectivity index (χ3v) is 8.90. The number of carbonyl (C=O) groups is 1. The van der Waals surface area contributed by atoms with Crippen molar-refractivity contribution in [2.45, 2.75) is 105 Å². The largest absolute Gasteiger partial charge is 0.490 e. The molecule has 0 amide bonds. The zero-order chi connectivity index (χ0) is 25.1. The van der Waals surface area contributed by atoms with Crippen molar-refractivity contribution in [2.24, 2.45) is 22.7 Å². The van der Waals surface area contributed by atoms with Crippen LogP contribution in [0.2, 0.25) is 0 Å². The fourth-order valence-electron chi connectivity index (χ4n) is 6.22. The summed E-state index contributed by atoms with van der Waals surface area (Å²) in [6, 6.07) is 13.5. The number of hydrogen-bond acceptors (Lipinski definition) is 3. The molecule has 2 aliphatic rings. The molecule has 2 aromatic rings. The average Bonchev–Trinajstić information content (AvgIpc) is 2.83. The Morgan fingerprint density at radius 2 is 1.60 bits per heavy atom. The summed E-state index contributed by atoms with van der Waals surface area (Å²) < 4.78 is 11.7. The molecule has 192 valence electrons. The topological polar surface area (TPSA) is 35.5 Å². The van der Waals surface area contributed by atoms with E-state index in [-0.39, 0.29) is 11.4 Å². The number of carbonyl (C=O) groups excluding carboxylic acids is 1. The first-order valence-corrected chi connectivity index (χ1v) is 14.0. The fourth-order valence-corrected chi connectivity index (χ4v) is 6.22. The van der Waals surface area contributed by atoms with Crippen LogP contribution >= 0.6 is 0 Å². The van der Waals surface area contributed by atoms with Crippen molar-refractivity contribution >= 4 is 16.7 Å². The van der Waals surface area contributed by atoms with Gasteiger partial charge in [0.15, 0.2) is 0 Å². The minimum Gasteiger partial charge on any atom is -0.490 e. The minimum absolute atomic E-state index is 0.00563. The molecule has 0 spiro atoms. The van der Waals surface area contributed by atoms with Gasteiger partial charge in [-0.25, -0.2) is 0 Å². The first-order chi connectivity index (χ1) is 16.7. The molecule has 2 fully saturated rings. The normalized spacial score (nSPS) is 27.5. The molecular weight excluding hydrogens is 432 g/mol. The second-order valence-corrected chi connectivity index (χ2v) is 12.6. The van der Waals surface area contributed by atoms with Gasteiger partial charge in [0.2, 0.25) is 0 Å². The molecule has 0 saturated heterocycles. The number of esters is 1. The number of rotatable bonds is 7. The van der Waals surface area contributed by atoms with Crippen LogP contribution in [0.3, 0.4) is 0 Å². The maximum atomic E-state index is 12.3. The Morgan fingerprint density at radius 3 is 2.26 bits per heavy atom. The summed E-state index contributed by atoms with van der Waals surface area (Å²) in [7, 11) is 0. The summed E-state index contributed by atoms with van der Waals surface area (Å²) in [6.45, 7) is 11.6. The number of ether oxygens (including phenoxy) is 2. The summed E-state index contributed by atoms with van der Waals surface area (Å²) in [5.74, 6) is 2.52. The molecule has 0 N–H and O–H groups in total. The minimum atomic E-state index is -0.277. The lowest BCUT2D eigenvalue weighted by molar-refractivity contribution is -0.156. The van der Waals surface area contributed by atoms with Crippen LogP contribution in [-0.2, 0) is 16.0 Å². The fraction of sp³-hybridized carbons (Fsp3) is 0.656. The smallest absolute Gasteiger partial charge is 0.311 e. The number of hydrogen-bond donors (Lipinski definition) is 0. The van der Waals surface area contributed by atoms with Gasteiger partial charge in [-0.05, 0) is 124 Å². The van der Waals surface area contributed by atoms with Crippen molar-refractivity contribution in [1.29, 1.82) is 0 Å². The highest BCUT2D eigenvalue weighted by Crippen LogP contribution is 2.41. The van der Waals surface area contributed by atoms with Crippen LogP contribution in [-0.4, -0.2) is 18.7 Å². The molecule has 2 aromatic carbocycles. The summed E-state index contributed by atoms with van der Waals surface area (Å²) in [5.41, 5.74) is 1.54. The van der Waals surface area contributed by atoms with E-state index in [0.717, 1.165) is 43.8 Å². The van der Waals surface area contributed by atoms with Crippen molar-refractivity contribution in [3.8, 4) is 5.75 Å². The Kier molecular flexibility index (Phi) is 8.13. The van der Waals surface area contributed by atoms with Crippen molar-refractivity contribution in [2.75, 3.05) is 6.61 Å². The molecule has 0 unspecified atom stereocenters. The molecule has 3 nitrogen and oxygen atoms in total. The number of aryl methyl sites for hydroxylation is 1. The van der Waals surface area contributed by atoms with E-state index in [1.165, 1.54) is 48.4 Å². The highest BCUT2D eigenvalue weighted by Gasteiger charge is 2.38. The van der Waals surface area contributed by atoms with E-state index in [1.54, 1.807) is 0 Å². The van der Waals surface area contributed by atoms with Gasteiger partial charge in [0.25, 0.3) is 0 Å². The van der Waals surface area contributed by atoms with Gasteiger partial charge in [0.1, 0.15) is 5.75 Å². The van der Waals surface area contributed by atoms with Crippen LogP contribution < -0.4 is 4.74 Å². The summed E-state index contributed by atoms with van der Waals surface area (Å²) >= 11 is 0. The molecule has 0 atom stereocenters.